The Kier molecular flexibility index (Phi) is 4.42. The number of carbonyl (C=O) groups is 1. The Morgan fingerprint density at radius 1 is 1.41 bits per heavy atom. The lowest BCUT2D eigenvalue weighted by Crippen LogP contribution is -2.28. The number of hydrogen-bond acceptors (Lipinski definition) is 6. The summed E-state index contributed by atoms with van der Waals surface area (Å²) in [5.74, 6) is -0.240. The van der Waals surface area contributed by atoms with Crippen LogP contribution in [0.5, 0.6) is 5.75 Å². The van der Waals surface area contributed by atoms with Gasteiger partial charge in [0.25, 0.3) is 0 Å². The summed E-state index contributed by atoms with van der Waals surface area (Å²) >= 11 is 0. The summed E-state index contributed by atoms with van der Waals surface area (Å²) in [4.78, 5) is 16.3. The van der Waals surface area contributed by atoms with Gasteiger partial charge < -0.3 is 19.0 Å². The number of aromatic hydroxyl groups is 1. The molecule has 0 saturated heterocycles. The minimum absolute atomic E-state index is 0.128. The fourth-order valence-corrected chi connectivity index (χ4v) is 2.13. The third-order valence-electron chi connectivity index (χ3n) is 2.93. The smallest absolute Gasteiger partial charge is 0.340 e. The highest BCUT2D eigenvalue weighted by molar-refractivity contribution is 5.85. The van der Waals surface area contributed by atoms with Gasteiger partial charge in [-0.15, -0.1) is 0 Å². The van der Waals surface area contributed by atoms with Gasteiger partial charge in [0.05, 0.1) is 12.2 Å². The molecule has 22 heavy (non-hydrogen) atoms. The Morgan fingerprint density at radius 3 is 2.68 bits per heavy atom. The lowest BCUT2D eigenvalue weighted by atomic mass is 10.1. The van der Waals surface area contributed by atoms with Gasteiger partial charge in [0, 0.05) is 12.5 Å². The van der Waals surface area contributed by atoms with E-state index in [1.807, 2.05) is 20.8 Å². The number of esters is 1. The zero-order valence-corrected chi connectivity index (χ0v) is 13.5. The van der Waals surface area contributed by atoms with Crippen molar-refractivity contribution in [3.63, 3.8) is 0 Å². The van der Waals surface area contributed by atoms with Gasteiger partial charge >= 0.3 is 5.97 Å². The predicted octanol–water partition coefficient (Wildman–Crippen LogP) is 3.26. The average Bonchev–Trinajstić information content (AvgIpc) is 2.78. The summed E-state index contributed by atoms with van der Waals surface area (Å²) in [6.45, 7) is 9.12. The first-order chi connectivity index (χ1) is 10.2. The van der Waals surface area contributed by atoms with Gasteiger partial charge in [0.15, 0.2) is 28.8 Å². The summed E-state index contributed by atoms with van der Waals surface area (Å²) < 4.78 is 16.2. The van der Waals surface area contributed by atoms with Crippen molar-refractivity contribution < 1.29 is 23.8 Å². The second-order valence-corrected chi connectivity index (χ2v) is 5.95. The molecule has 1 N–H and O–H groups in total. The summed E-state index contributed by atoms with van der Waals surface area (Å²) in [5.41, 5.74) is 0.492. The molecule has 6 heteroatoms. The predicted molar refractivity (Wildman–Crippen MR) is 80.6 cm³/mol. The highest BCUT2D eigenvalue weighted by Crippen LogP contribution is 2.36. The van der Waals surface area contributed by atoms with Crippen molar-refractivity contribution in [1.82, 2.24) is 4.98 Å². The molecule has 1 heterocycles. The lowest BCUT2D eigenvalue weighted by molar-refractivity contribution is -0.167. The Morgan fingerprint density at radius 2 is 2.09 bits per heavy atom. The summed E-state index contributed by atoms with van der Waals surface area (Å²) in [5, 5.41) is 10.4. The van der Waals surface area contributed by atoms with Crippen molar-refractivity contribution in [3.8, 4) is 5.75 Å². The second kappa shape index (κ2) is 5.96. The van der Waals surface area contributed by atoms with Crippen molar-refractivity contribution in [2.45, 2.75) is 46.3 Å². The zero-order valence-electron chi connectivity index (χ0n) is 13.5. The van der Waals surface area contributed by atoms with Gasteiger partial charge in [-0.05, 0) is 39.8 Å². The first kappa shape index (κ1) is 16.3. The lowest BCUT2D eigenvalue weighted by Gasteiger charge is -2.26. The molecule has 0 aliphatic heterocycles. The maximum absolute atomic E-state index is 12.2. The van der Waals surface area contributed by atoms with Gasteiger partial charge in [0.1, 0.15) is 0 Å². The van der Waals surface area contributed by atoms with Crippen LogP contribution in [0.3, 0.4) is 0 Å². The molecular formula is C16H21NO5. The Balaban J connectivity index is 2.50. The van der Waals surface area contributed by atoms with Gasteiger partial charge in [0.2, 0.25) is 0 Å². The van der Waals surface area contributed by atoms with Crippen LogP contribution in [0, 0.1) is 6.92 Å². The van der Waals surface area contributed by atoms with Crippen LogP contribution in [0.2, 0.25) is 0 Å². The largest absolute Gasteiger partial charge is 0.505 e. The molecule has 0 radical (unpaired) electrons. The van der Waals surface area contributed by atoms with Crippen LogP contribution in [-0.4, -0.2) is 28.3 Å². The molecule has 2 rings (SSSR count). The molecule has 0 saturated carbocycles. The highest BCUT2D eigenvalue weighted by atomic mass is 16.6. The molecule has 1 aromatic heterocycles. The first-order valence-corrected chi connectivity index (χ1v) is 7.16. The molecule has 0 aliphatic carbocycles. The zero-order chi connectivity index (χ0) is 16.5. The van der Waals surface area contributed by atoms with E-state index in [-0.39, 0.29) is 12.4 Å². The van der Waals surface area contributed by atoms with Crippen molar-refractivity contribution in [1.29, 1.82) is 0 Å². The number of phenolic OH excluding ortho intramolecular Hbond substituents is 1. The van der Waals surface area contributed by atoms with Crippen molar-refractivity contribution in [3.05, 3.63) is 23.6 Å². The molecule has 0 amide bonds. The van der Waals surface area contributed by atoms with E-state index >= 15 is 0 Å². The fourth-order valence-electron chi connectivity index (χ4n) is 2.13. The first-order valence-electron chi connectivity index (χ1n) is 7.16. The minimum atomic E-state index is -1.03. The number of rotatable bonds is 4. The van der Waals surface area contributed by atoms with E-state index in [1.54, 1.807) is 26.0 Å². The number of oxazole rings is 1. The van der Waals surface area contributed by atoms with Crippen molar-refractivity contribution >= 4 is 17.1 Å². The molecule has 1 aromatic carbocycles. The Bertz CT molecular complexity index is 684. The number of aryl methyl sites for hydroxylation is 1. The van der Waals surface area contributed by atoms with E-state index in [9.17, 15) is 9.90 Å². The van der Waals surface area contributed by atoms with Crippen LogP contribution >= 0.6 is 0 Å². The van der Waals surface area contributed by atoms with Gasteiger partial charge in [-0.1, -0.05) is 0 Å². The quantitative estimate of drug-likeness (QED) is 0.873. The molecule has 0 spiro atoms. The number of hydrogen-bond donors (Lipinski definition) is 1. The molecule has 0 aliphatic rings. The van der Waals surface area contributed by atoms with E-state index in [0.29, 0.717) is 22.6 Å². The van der Waals surface area contributed by atoms with Crippen molar-refractivity contribution in [2.24, 2.45) is 0 Å². The SMILES string of the molecule is CCOC(=O)C(OC(C)(C)C)c1ccc2oc(C)nc2c1O. The van der Waals surface area contributed by atoms with Crippen LogP contribution in [0.1, 0.15) is 45.3 Å². The molecule has 2 aromatic rings. The summed E-state index contributed by atoms with van der Waals surface area (Å²) in [6.07, 6.45) is -1.03. The molecule has 120 valence electrons. The maximum Gasteiger partial charge on any atom is 0.340 e. The van der Waals surface area contributed by atoms with E-state index in [4.69, 9.17) is 13.9 Å². The van der Waals surface area contributed by atoms with Gasteiger partial charge in [-0.2, -0.15) is 0 Å². The Labute approximate surface area is 129 Å². The molecule has 6 nitrogen and oxygen atoms in total. The number of ether oxygens (including phenoxy) is 2. The fraction of sp³-hybridized carbons (Fsp3) is 0.500. The third-order valence-corrected chi connectivity index (χ3v) is 2.93. The van der Waals surface area contributed by atoms with Crippen LogP contribution in [-0.2, 0) is 14.3 Å². The topological polar surface area (TPSA) is 81.8 Å². The van der Waals surface area contributed by atoms with Crippen LogP contribution in [0.4, 0.5) is 0 Å². The molecule has 0 bridgehead atoms. The summed E-state index contributed by atoms with van der Waals surface area (Å²) in [6, 6.07) is 3.25. The molecular weight excluding hydrogens is 286 g/mol. The molecule has 1 atom stereocenters. The average molecular weight is 307 g/mol. The van der Waals surface area contributed by atoms with E-state index < -0.39 is 17.7 Å². The maximum atomic E-state index is 12.2. The number of phenols is 1. The number of benzene rings is 1. The molecule has 0 fully saturated rings. The standard InChI is InChI=1S/C16H21NO5/c1-6-20-15(19)14(22-16(3,4)5)10-7-8-11-12(13(10)18)17-9(2)21-11/h7-8,14,18H,6H2,1-5H3. The monoisotopic (exact) mass is 307 g/mol. The highest BCUT2D eigenvalue weighted by Gasteiger charge is 2.31. The third kappa shape index (κ3) is 3.39. The Hall–Kier alpha value is -2.08. The number of nitrogens with zero attached hydrogens (tertiary/aromatic N) is 1. The van der Waals surface area contributed by atoms with Crippen LogP contribution in [0.25, 0.3) is 11.1 Å². The number of carbonyl (C=O) groups excluding carboxylic acids is 1. The number of aromatic nitrogens is 1. The van der Waals surface area contributed by atoms with Gasteiger partial charge in [-0.3, -0.25) is 0 Å². The molecule has 1 unspecified atom stereocenters. The van der Waals surface area contributed by atoms with E-state index in [0.717, 1.165) is 0 Å². The van der Waals surface area contributed by atoms with E-state index in [2.05, 4.69) is 4.98 Å². The van der Waals surface area contributed by atoms with Crippen molar-refractivity contribution in [2.75, 3.05) is 6.61 Å². The van der Waals surface area contributed by atoms with Crippen LogP contribution < -0.4 is 0 Å². The minimum Gasteiger partial charge on any atom is -0.505 e. The second-order valence-electron chi connectivity index (χ2n) is 5.95. The number of fused-ring (bicyclic) bond motifs is 1. The summed E-state index contributed by atoms with van der Waals surface area (Å²) in [7, 11) is 0. The normalized spacial score (nSPS) is 13.3. The van der Waals surface area contributed by atoms with Crippen LogP contribution in [0.15, 0.2) is 16.5 Å². The van der Waals surface area contributed by atoms with E-state index in [1.165, 1.54) is 0 Å². The van der Waals surface area contributed by atoms with Gasteiger partial charge in [-0.25, -0.2) is 9.78 Å².